The SMILES string of the molecule is Cc1ccccc1NC(=O)CCC(=O)N1C2=CCCC(O)=C2NC2=C(C(=O)CC(C)(C)C2)C1c1ccc(OCc2ccccc2)cc1F. The third-order valence-electron chi connectivity index (χ3n) is 9.02. The fourth-order valence-corrected chi connectivity index (χ4v) is 6.66. The van der Waals surface area contributed by atoms with E-state index in [-0.39, 0.29) is 54.5 Å². The van der Waals surface area contributed by atoms with Crippen LogP contribution in [-0.4, -0.2) is 27.6 Å². The molecule has 2 aliphatic carbocycles. The summed E-state index contributed by atoms with van der Waals surface area (Å²) in [6.45, 7) is 6.09. The summed E-state index contributed by atoms with van der Waals surface area (Å²) in [6, 6.07) is 20.2. The molecule has 48 heavy (non-hydrogen) atoms. The second kappa shape index (κ2) is 13.5. The second-order valence-corrected chi connectivity index (χ2v) is 13.4. The number of carbonyl (C=O) groups excluding carboxylic acids is 3. The Labute approximate surface area is 280 Å². The number of ether oxygens (including phenoxy) is 1. The van der Waals surface area contributed by atoms with Gasteiger partial charge < -0.3 is 20.5 Å². The fourth-order valence-electron chi connectivity index (χ4n) is 6.66. The highest BCUT2D eigenvalue weighted by atomic mass is 19.1. The van der Waals surface area contributed by atoms with Crippen LogP contribution in [-0.2, 0) is 21.0 Å². The van der Waals surface area contributed by atoms with Crippen molar-refractivity contribution in [1.82, 2.24) is 10.2 Å². The van der Waals surface area contributed by atoms with Crippen molar-refractivity contribution in [3.05, 3.63) is 130 Å². The molecule has 1 aliphatic heterocycles. The van der Waals surface area contributed by atoms with E-state index in [2.05, 4.69) is 10.6 Å². The first kappa shape index (κ1) is 32.7. The highest BCUT2D eigenvalue weighted by Gasteiger charge is 2.45. The van der Waals surface area contributed by atoms with Crippen molar-refractivity contribution in [2.24, 2.45) is 5.41 Å². The van der Waals surface area contributed by atoms with Crippen LogP contribution in [0.3, 0.4) is 0 Å². The fraction of sp³-hybridized carbons (Fsp3) is 0.308. The van der Waals surface area contributed by atoms with Gasteiger partial charge in [-0.25, -0.2) is 4.39 Å². The number of allylic oxidation sites excluding steroid dienone is 3. The predicted molar refractivity (Wildman–Crippen MR) is 181 cm³/mol. The third kappa shape index (κ3) is 6.90. The summed E-state index contributed by atoms with van der Waals surface area (Å²) in [5, 5.41) is 17.3. The largest absolute Gasteiger partial charge is 0.510 e. The number of nitrogens with zero attached hydrogens (tertiary/aromatic N) is 1. The summed E-state index contributed by atoms with van der Waals surface area (Å²) in [6.07, 6.45) is 2.92. The summed E-state index contributed by atoms with van der Waals surface area (Å²) < 4.78 is 22.2. The van der Waals surface area contributed by atoms with Gasteiger partial charge in [0.05, 0.1) is 11.7 Å². The van der Waals surface area contributed by atoms with Crippen molar-refractivity contribution < 1.29 is 28.6 Å². The molecule has 248 valence electrons. The van der Waals surface area contributed by atoms with Crippen LogP contribution < -0.4 is 15.4 Å². The number of amides is 2. The number of ketones is 1. The van der Waals surface area contributed by atoms with E-state index in [0.29, 0.717) is 47.8 Å². The number of hydrogen-bond donors (Lipinski definition) is 3. The van der Waals surface area contributed by atoms with E-state index in [9.17, 15) is 19.5 Å². The van der Waals surface area contributed by atoms with E-state index in [1.165, 1.54) is 11.0 Å². The zero-order valence-electron chi connectivity index (χ0n) is 27.4. The molecule has 0 saturated carbocycles. The first-order valence-corrected chi connectivity index (χ1v) is 16.3. The van der Waals surface area contributed by atoms with Gasteiger partial charge >= 0.3 is 0 Å². The maximum Gasteiger partial charge on any atom is 0.228 e. The number of Topliss-reactive ketones (excluding diaryl/α,β-unsaturated/α-hetero) is 1. The number of hydrogen-bond acceptors (Lipinski definition) is 6. The number of aliphatic hydroxyl groups excluding tert-OH is 1. The predicted octanol–water partition coefficient (Wildman–Crippen LogP) is 7.70. The number of fused-ring (bicyclic) bond motifs is 1. The van der Waals surface area contributed by atoms with Gasteiger partial charge in [-0.3, -0.25) is 19.3 Å². The molecule has 0 radical (unpaired) electrons. The van der Waals surface area contributed by atoms with Crippen LogP contribution in [0.25, 0.3) is 0 Å². The molecule has 2 amide bonds. The lowest BCUT2D eigenvalue weighted by atomic mass is 9.73. The number of halogens is 1. The molecular formula is C39H40FN3O5. The standard InChI is InChI=1S/C39H40FN3O5/c1-24-10-7-8-13-29(24)41-34(46)18-19-35(47)43-31-14-9-15-32(44)37(31)42-30-21-39(2,3)22-33(45)36(30)38(43)27-17-16-26(20-28(27)40)48-23-25-11-5-4-6-12-25/h4-8,10-14,16-17,20,38,42,44H,9,15,18-19,21-23H2,1-3H3,(H,41,46). The van der Waals surface area contributed by atoms with Crippen LogP contribution in [0.5, 0.6) is 5.75 Å². The molecule has 3 N–H and O–H groups in total. The van der Waals surface area contributed by atoms with Crippen molar-refractivity contribution >= 4 is 23.3 Å². The lowest BCUT2D eigenvalue weighted by Crippen LogP contribution is -2.39. The molecule has 0 fully saturated rings. The molecule has 1 heterocycles. The van der Waals surface area contributed by atoms with Gasteiger partial charge in [-0.2, -0.15) is 0 Å². The van der Waals surface area contributed by atoms with Crippen LogP contribution in [0.15, 0.2) is 107 Å². The first-order valence-electron chi connectivity index (χ1n) is 16.3. The van der Waals surface area contributed by atoms with Crippen molar-refractivity contribution in [3.63, 3.8) is 0 Å². The quantitative estimate of drug-likeness (QED) is 0.231. The Hall–Kier alpha value is -5.18. The molecule has 3 aliphatic rings. The van der Waals surface area contributed by atoms with E-state index in [1.807, 2.05) is 75.4 Å². The maximum atomic E-state index is 16.3. The van der Waals surface area contributed by atoms with Gasteiger partial charge in [0.1, 0.15) is 29.6 Å². The van der Waals surface area contributed by atoms with Crippen molar-refractivity contribution in [2.45, 2.75) is 71.9 Å². The van der Waals surface area contributed by atoms with Crippen molar-refractivity contribution in [2.75, 3.05) is 5.32 Å². The minimum absolute atomic E-state index is 0.0519. The Bertz CT molecular complexity index is 1860. The van der Waals surface area contributed by atoms with Crippen LogP contribution >= 0.6 is 0 Å². The summed E-state index contributed by atoms with van der Waals surface area (Å²) in [5.74, 6) is -1.32. The lowest BCUT2D eigenvalue weighted by Gasteiger charge is -2.37. The smallest absolute Gasteiger partial charge is 0.228 e. The minimum atomic E-state index is -1.14. The first-order chi connectivity index (χ1) is 23.0. The number of nitrogens with one attached hydrogen (secondary N) is 2. The lowest BCUT2D eigenvalue weighted by molar-refractivity contribution is -0.132. The van der Waals surface area contributed by atoms with Gasteiger partial charge in [-0.15, -0.1) is 0 Å². The normalized spacial score (nSPS) is 18.7. The molecule has 0 saturated heterocycles. The number of anilines is 1. The van der Waals surface area contributed by atoms with Gasteiger partial charge in [0.2, 0.25) is 11.8 Å². The molecule has 9 heteroatoms. The summed E-state index contributed by atoms with van der Waals surface area (Å²) in [4.78, 5) is 42.8. The number of carbonyl (C=O) groups is 3. The minimum Gasteiger partial charge on any atom is -0.510 e. The Morgan fingerprint density at radius 2 is 1.79 bits per heavy atom. The topological polar surface area (TPSA) is 108 Å². The molecule has 8 nitrogen and oxygen atoms in total. The molecule has 1 atom stereocenters. The Balaban J connectivity index is 1.39. The Morgan fingerprint density at radius 1 is 1.04 bits per heavy atom. The van der Waals surface area contributed by atoms with Gasteiger partial charge in [0.15, 0.2) is 5.78 Å². The van der Waals surface area contributed by atoms with Crippen LogP contribution in [0, 0.1) is 18.2 Å². The molecule has 3 aromatic rings. The van der Waals surface area contributed by atoms with E-state index in [0.717, 1.165) is 11.1 Å². The summed E-state index contributed by atoms with van der Waals surface area (Å²) in [7, 11) is 0. The maximum absolute atomic E-state index is 16.3. The van der Waals surface area contributed by atoms with Gasteiger partial charge in [0.25, 0.3) is 0 Å². The second-order valence-electron chi connectivity index (χ2n) is 13.4. The highest BCUT2D eigenvalue weighted by molar-refractivity contribution is 6.00. The number of aryl methyl sites for hydroxylation is 1. The zero-order valence-corrected chi connectivity index (χ0v) is 27.4. The van der Waals surface area contributed by atoms with Crippen LogP contribution in [0.2, 0.25) is 0 Å². The monoisotopic (exact) mass is 649 g/mol. The van der Waals surface area contributed by atoms with Gasteiger partial charge in [-0.1, -0.05) is 68.5 Å². The zero-order chi connectivity index (χ0) is 34.0. The molecule has 3 aromatic carbocycles. The number of rotatable bonds is 8. The molecular weight excluding hydrogens is 609 g/mol. The molecule has 0 bridgehead atoms. The average molecular weight is 650 g/mol. The van der Waals surface area contributed by atoms with Crippen LogP contribution in [0.4, 0.5) is 10.1 Å². The summed E-state index contributed by atoms with van der Waals surface area (Å²) >= 11 is 0. The Morgan fingerprint density at radius 3 is 2.54 bits per heavy atom. The summed E-state index contributed by atoms with van der Waals surface area (Å²) in [5.41, 5.74) is 3.69. The van der Waals surface area contributed by atoms with E-state index in [4.69, 9.17) is 4.74 Å². The van der Waals surface area contributed by atoms with Crippen molar-refractivity contribution in [1.29, 1.82) is 0 Å². The molecule has 6 rings (SSSR count). The number of para-hydroxylation sites is 1. The van der Waals surface area contributed by atoms with Gasteiger partial charge in [0, 0.05) is 54.3 Å². The number of benzene rings is 3. The van der Waals surface area contributed by atoms with E-state index < -0.39 is 23.2 Å². The third-order valence-corrected chi connectivity index (χ3v) is 9.02. The molecule has 0 aromatic heterocycles. The highest BCUT2D eigenvalue weighted by Crippen LogP contribution is 2.48. The Kier molecular flexibility index (Phi) is 9.22. The molecule has 0 spiro atoms. The van der Waals surface area contributed by atoms with Gasteiger partial charge in [-0.05, 0) is 54.5 Å². The number of aliphatic hydroxyl groups is 1. The van der Waals surface area contributed by atoms with E-state index in [1.54, 1.807) is 18.2 Å². The van der Waals surface area contributed by atoms with E-state index >= 15 is 4.39 Å². The van der Waals surface area contributed by atoms with Crippen LogP contribution in [0.1, 0.15) is 75.1 Å². The molecule has 1 unspecified atom stereocenters. The average Bonchev–Trinajstić information content (AvgIpc) is 3.19. The van der Waals surface area contributed by atoms with Crippen molar-refractivity contribution in [3.8, 4) is 5.75 Å².